The Hall–Kier alpha value is -0.570. The molecule has 1 amide bonds. The molecule has 1 N–H and O–H groups in total. The third kappa shape index (κ3) is 1.97. The largest absolute Gasteiger partial charge is 0.393 e. The standard InChI is InChI=1S/C15H25NO2/c1-15(2)9-11(15)14(18)16-8-4-6-12(16)10-5-3-7-13(10)17/h10-13,17H,3-9H2,1-2H3. The van der Waals surface area contributed by atoms with Gasteiger partial charge < -0.3 is 10.0 Å². The molecule has 2 saturated carbocycles. The van der Waals surface area contributed by atoms with Crippen LogP contribution >= 0.6 is 0 Å². The number of aliphatic hydroxyl groups is 1. The second-order valence-electron chi connectivity index (χ2n) is 7.15. The van der Waals surface area contributed by atoms with Crippen molar-refractivity contribution >= 4 is 5.91 Å². The number of nitrogens with zero attached hydrogens (tertiary/aromatic N) is 1. The molecule has 3 nitrogen and oxygen atoms in total. The maximum Gasteiger partial charge on any atom is 0.226 e. The summed E-state index contributed by atoms with van der Waals surface area (Å²) in [6.45, 7) is 5.29. The van der Waals surface area contributed by atoms with Crippen LogP contribution < -0.4 is 0 Å². The molecule has 18 heavy (non-hydrogen) atoms. The lowest BCUT2D eigenvalue weighted by Crippen LogP contribution is -2.43. The first-order valence-electron chi connectivity index (χ1n) is 7.49. The zero-order chi connectivity index (χ0) is 12.9. The van der Waals surface area contributed by atoms with Gasteiger partial charge in [0.2, 0.25) is 5.91 Å². The van der Waals surface area contributed by atoms with Crippen molar-refractivity contribution in [3.63, 3.8) is 0 Å². The lowest BCUT2D eigenvalue weighted by molar-refractivity contribution is -0.135. The Morgan fingerprint density at radius 1 is 1.22 bits per heavy atom. The highest BCUT2D eigenvalue weighted by Gasteiger charge is 2.54. The van der Waals surface area contributed by atoms with E-state index >= 15 is 0 Å². The van der Waals surface area contributed by atoms with Crippen molar-refractivity contribution in [3.8, 4) is 0 Å². The zero-order valence-electron chi connectivity index (χ0n) is 11.6. The quantitative estimate of drug-likeness (QED) is 0.817. The lowest BCUT2D eigenvalue weighted by Gasteiger charge is -2.31. The summed E-state index contributed by atoms with van der Waals surface area (Å²) in [6.07, 6.45) is 6.24. The third-order valence-electron chi connectivity index (χ3n) is 5.42. The van der Waals surface area contributed by atoms with E-state index in [4.69, 9.17) is 0 Å². The molecule has 0 radical (unpaired) electrons. The van der Waals surface area contributed by atoms with E-state index in [2.05, 4.69) is 18.7 Å². The molecule has 0 spiro atoms. The Morgan fingerprint density at radius 2 is 1.94 bits per heavy atom. The maximum absolute atomic E-state index is 12.5. The molecule has 4 atom stereocenters. The summed E-state index contributed by atoms with van der Waals surface area (Å²) in [4.78, 5) is 14.7. The van der Waals surface area contributed by atoms with Crippen molar-refractivity contribution in [1.82, 2.24) is 4.90 Å². The van der Waals surface area contributed by atoms with Gasteiger partial charge in [-0.3, -0.25) is 4.79 Å². The molecule has 0 aromatic rings. The Kier molecular flexibility index (Phi) is 2.92. The van der Waals surface area contributed by atoms with Crippen LogP contribution in [0, 0.1) is 17.3 Å². The van der Waals surface area contributed by atoms with Gasteiger partial charge in [-0.15, -0.1) is 0 Å². The Bertz CT molecular complexity index is 352. The molecule has 1 aliphatic heterocycles. The second kappa shape index (κ2) is 4.22. The van der Waals surface area contributed by atoms with Gasteiger partial charge in [-0.05, 0) is 37.5 Å². The summed E-state index contributed by atoms with van der Waals surface area (Å²) >= 11 is 0. The van der Waals surface area contributed by atoms with Crippen LogP contribution in [0.25, 0.3) is 0 Å². The van der Waals surface area contributed by atoms with Crippen molar-refractivity contribution in [2.75, 3.05) is 6.54 Å². The highest BCUT2D eigenvalue weighted by atomic mass is 16.3. The van der Waals surface area contributed by atoms with Crippen LogP contribution in [0.15, 0.2) is 0 Å². The fourth-order valence-corrected chi connectivity index (χ4v) is 4.02. The third-order valence-corrected chi connectivity index (χ3v) is 5.42. The Labute approximate surface area is 110 Å². The molecule has 2 aliphatic carbocycles. The number of aliphatic hydroxyl groups excluding tert-OH is 1. The lowest BCUT2D eigenvalue weighted by atomic mass is 9.93. The molecule has 4 unspecified atom stereocenters. The minimum absolute atomic E-state index is 0.171. The van der Waals surface area contributed by atoms with Gasteiger partial charge in [-0.25, -0.2) is 0 Å². The molecule has 3 rings (SSSR count). The van der Waals surface area contributed by atoms with Gasteiger partial charge in [0.25, 0.3) is 0 Å². The van der Waals surface area contributed by atoms with Crippen molar-refractivity contribution in [2.45, 2.75) is 64.5 Å². The number of amides is 1. The molecule has 102 valence electrons. The van der Waals surface area contributed by atoms with E-state index in [0.29, 0.717) is 17.9 Å². The fraction of sp³-hybridized carbons (Fsp3) is 0.933. The van der Waals surface area contributed by atoms with Crippen molar-refractivity contribution in [3.05, 3.63) is 0 Å². The first kappa shape index (κ1) is 12.5. The van der Waals surface area contributed by atoms with E-state index in [-0.39, 0.29) is 17.4 Å². The molecule has 0 bridgehead atoms. The number of carbonyl (C=O) groups is 1. The molecule has 0 aromatic carbocycles. The predicted octanol–water partition coefficient (Wildman–Crippen LogP) is 2.18. The molecule has 3 fully saturated rings. The second-order valence-corrected chi connectivity index (χ2v) is 7.15. The summed E-state index contributed by atoms with van der Waals surface area (Å²) in [6, 6.07) is 0.325. The predicted molar refractivity (Wildman–Crippen MR) is 70.0 cm³/mol. The minimum atomic E-state index is -0.171. The van der Waals surface area contributed by atoms with Gasteiger partial charge >= 0.3 is 0 Å². The zero-order valence-corrected chi connectivity index (χ0v) is 11.6. The van der Waals surface area contributed by atoms with Gasteiger partial charge in [0.1, 0.15) is 0 Å². The highest BCUT2D eigenvalue weighted by Crippen LogP contribution is 2.53. The SMILES string of the molecule is CC1(C)CC1C(=O)N1CCCC1C1CCCC1O. The average Bonchev–Trinajstić information content (AvgIpc) is 2.75. The molecule has 3 aliphatic rings. The number of carbonyl (C=O) groups excluding carboxylic acids is 1. The van der Waals surface area contributed by atoms with Gasteiger partial charge in [-0.1, -0.05) is 20.3 Å². The number of hydrogen-bond donors (Lipinski definition) is 1. The van der Waals surface area contributed by atoms with Gasteiger partial charge in [-0.2, -0.15) is 0 Å². The van der Waals surface area contributed by atoms with Gasteiger partial charge in [0.05, 0.1) is 6.10 Å². The van der Waals surface area contributed by atoms with Crippen LogP contribution in [-0.4, -0.2) is 34.6 Å². The Balaban J connectivity index is 1.70. The minimum Gasteiger partial charge on any atom is -0.393 e. The number of hydrogen-bond acceptors (Lipinski definition) is 2. The van der Waals surface area contributed by atoms with Crippen LogP contribution in [0.1, 0.15) is 52.4 Å². The molecule has 1 saturated heterocycles. The summed E-state index contributed by atoms with van der Waals surface area (Å²) in [7, 11) is 0. The van der Waals surface area contributed by atoms with Crippen LogP contribution in [0.4, 0.5) is 0 Å². The molecule has 3 heteroatoms. The molecule has 0 aromatic heterocycles. The van der Waals surface area contributed by atoms with Crippen molar-refractivity contribution < 1.29 is 9.90 Å². The van der Waals surface area contributed by atoms with E-state index in [9.17, 15) is 9.90 Å². The molecular formula is C15H25NO2. The Morgan fingerprint density at radius 3 is 2.50 bits per heavy atom. The van der Waals surface area contributed by atoms with E-state index < -0.39 is 0 Å². The van der Waals surface area contributed by atoms with Gasteiger partial charge in [0.15, 0.2) is 0 Å². The molecular weight excluding hydrogens is 226 g/mol. The monoisotopic (exact) mass is 251 g/mol. The topological polar surface area (TPSA) is 40.5 Å². The highest BCUT2D eigenvalue weighted by molar-refractivity contribution is 5.83. The number of likely N-dealkylation sites (tertiary alicyclic amines) is 1. The average molecular weight is 251 g/mol. The fourth-order valence-electron chi connectivity index (χ4n) is 4.02. The van der Waals surface area contributed by atoms with Gasteiger partial charge in [0, 0.05) is 24.4 Å². The smallest absolute Gasteiger partial charge is 0.226 e. The summed E-state index contributed by atoms with van der Waals surface area (Å²) < 4.78 is 0. The summed E-state index contributed by atoms with van der Waals surface area (Å²) in [5, 5.41) is 10.1. The summed E-state index contributed by atoms with van der Waals surface area (Å²) in [5.41, 5.74) is 0.221. The normalized spacial score (nSPS) is 42.3. The van der Waals surface area contributed by atoms with Crippen molar-refractivity contribution in [1.29, 1.82) is 0 Å². The van der Waals surface area contributed by atoms with Crippen LogP contribution in [0.2, 0.25) is 0 Å². The number of rotatable bonds is 2. The summed E-state index contributed by atoms with van der Waals surface area (Å²) in [5.74, 6) is 0.955. The van der Waals surface area contributed by atoms with Crippen LogP contribution in [-0.2, 0) is 4.79 Å². The van der Waals surface area contributed by atoms with Crippen molar-refractivity contribution in [2.24, 2.45) is 17.3 Å². The maximum atomic E-state index is 12.5. The molecule has 1 heterocycles. The van der Waals surface area contributed by atoms with E-state index in [0.717, 1.165) is 45.1 Å². The van der Waals surface area contributed by atoms with E-state index in [1.54, 1.807) is 0 Å². The van der Waals surface area contributed by atoms with Crippen LogP contribution in [0.5, 0.6) is 0 Å². The van der Waals surface area contributed by atoms with E-state index in [1.165, 1.54) is 0 Å². The first-order chi connectivity index (χ1) is 8.50. The van der Waals surface area contributed by atoms with E-state index in [1.807, 2.05) is 0 Å². The first-order valence-corrected chi connectivity index (χ1v) is 7.49. The van der Waals surface area contributed by atoms with Crippen LogP contribution in [0.3, 0.4) is 0 Å².